The van der Waals surface area contributed by atoms with Crippen molar-refractivity contribution < 1.29 is 4.74 Å². The van der Waals surface area contributed by atoms with Crippen LogP contribution in [0.5, 0.6) is 5.75 Å². The smallest absolute Gasteiger partial charge is 0.198 e. The quantitative estimate of drug-likeness (QED) is 0.537. The zero-order valence-corrected chi connectivity index (χ0v) is 10.8. The Morgan fingerprint density at radius 3 is 2.94 bits per heavy atom. The zero-order chi connectivity index (χ0) is 12.7. The van der Waals surface area contributed by atoms with Crippen molar-refractivity contribution in [2.24, 2.45) is 0 Å². The number of H-pyrrole nitrogens is 1. The third kappa shape index (κ3) is 1.64. The van der Waals surface area contributed by atoms with Gasteiger partial charge in [-0.2, -0.15) is 0 Å². The van der Waals surface area contributed by atoms with E-state index in [1.54, 1.807) is 13.3 Å². The van der Waals surface area contributed by atoms with E-state index in [1.165, 1.54) is 0 Å². The number of aryl methyl sites for hydroxylation is 1. The van der Waals surface area contributed by atoms with Crippen molar-refractivity contribution in [3.05, 3.63) is 34.7 Å². The van der Waals surface area contributed by atoms with Gasteiger partial charge in [0.2, 0.25) is 0 Å². The second kappa shape index (κ2) is 4.03. The summed E-state index contributed by atoms with van der Waals surface area (Å²) in [7, 11) is 1.64. The van der Waals surface area contributed by atoms with Crippen molar-refractivity contribution in [3.63, 3.8) is 0 Å². The van der Waals surface area contributed by atoms with Gasteiger partial charge in [0.05, 0.1) is 7.11 Å². The SMILES string of the molecule is COc1ccc(C)c2cc3cnc(=S)[nH]c3nc12. The van der Waals surface area contributed by atoms with E-state index < -0.39 is 0 Å². The number of nitrogens with one attached hydrogen (secondary N) is 1. The van der Waals surface area contributed by atoms with E-state index >= 15 is 0 Å². The molecule has 2 heterocycles. The van der Waals surface area contributed by atoms with Crippen molar-refractivity contribution in [1.82, 2.24) is 15.0 Å². The number of hydrogen-bond donors (Lipinski definition) is 1. The lowest BCUT2D eigenvalue weighted by atomic mass is 10.1. The first-order valence-electron chi connectivity index (χ1n) is 5.52. The Morgan fingerprint density at radius 2 is 2.17 bits per heavy atom. The largest absolute Gasteiger partial charge is 0.494 e. The first-order valence-corrected chi connectivity index (χ1v) is 5.93. The molecule has 0 amide bonds. The highest BCUT2D eigenvalue weighted by atomic mass is 32.1. The number of nitrogens with zero attached hydrogens (tertiary/aromatic N) is 2. The lowest BCUT2D eigenvalue weighted by molar-refractivity contribution is 0.419. The topological polar surface area (TPSA) is 50.8 Å². The van der Waals surface area contributed by atoms with Crippen LogP contribution in [-0.4, -0.2) is 22.1 Å². The molecule has 0 fully saturated rings. The Kier molecular flexibility index (Phi) is 2.48. The van der Waals surface area contributed by atoms with Gasteiger partial charge >= 0.3 is 0 Å². The molecule has 1 aromatic carbocycles. The van der Waals surface area contributed by atoms with E-state index in [4.69, 9.17) is 17.0 Å². The van der Waals surface area contributed by atoms with E-state index in [-0.39, 0.29) is 0 Å². The third-order valence-electron chi connectivity index (χ3n) is 2.96. The maximum absolute atomic E-state index is 5.34. The number of fused-ring (bicyclic) bond motifs is 2. The zero-order valence-electron chi connectivity index (χ0n) is 10.0. The van der Waals surface area contributed by atoms with Gasteiger partial charge in [0.25, 0.3) is 0 Å². The molecule has 3 aromatic rings. The number of aromatic nitrogens is 3. The summed E-state index contributed by atoms with van der Waals surface area (Å²) < 4.78 is 5.78. The molecule has 0 radical (unpaired) electrons. The van der Waals surface area contributed by atoms with Gasteiger partial charge in [-0.3, -0.25) is 0 Å². The van der Waals surface area contributed by atoms with Crippen molar-refractivity contribution >= 4 is 34.2 Å². The van der Waals surface area contributed by atoms with Crippen molar-refractivity contribution in [1.29, 1.82) is 0 Å². The van der Waals surface area contributed by atoms with Crippen LogP contribution in [0.25, 0.3) is 21.9 Å². The van der Waals surface area contributed by atoms with Crippen LogP contribution in [-0.2, 0) is 0 Å². The average molecular weight is 257 g/mol. The fourth-order valence-corrected chi connectivity index (χ4v) is 2.16. The van der Waals surface area contributed by atoms with Crippen molar-refractivity contribution in [3.8, 4) is 5.75 Å². The standard InChI is InChI=1S/C13H11N3OS/c1-7-3-4-10(17-2)11-9(7)5-8-6-14-13(18)16-12(8)15-11/h3-6H,1-2H3,(H,14,15,16,18). The number of benzene rings is 1. The molecule has 0 aliphatic heterocycles. The van der Waals surface area contributed by atoms with Gasteiger partial charge in [0.1, 0.15) is 16.9 Å². The van der Waals surface area contributed by atoms with Gasteiger partial charge < -0.3 is 9.72 Å². The molecule has 0 spiro atoms. The highest BCUT2D eigenvalue weighted by Gasteiger charge is 2.07. The lowest BCUT2D eigenvalue weighted by Gasteiger charge is -2.08. The average Bonchev–Trinajstić information content (AvgIpc) is 2.37. The van der Waals surface area contributed by atoms with E-state index in [0.29, 0.717) is 4.77 Å². The Balaban J connectivity index is 2.51. The molecule has 2 aromatic heterocycles. The summed E-state index contributed by atoms with van der Waals surface area (Å²) in [5.74, 6) is 0.758. The number of ether oxygens (including phenoxy) is 1. The minimum atomic E-state index is 0.431. The van der Waals surface area contributed by atoms with E-state index in [2.05, 4.69) is 15.0 Å². The van der Waals surface area contributed by atoms with Gasteiger partial charge in [-0.25, -0.2) is 9.97 Å². The molecule has 0 aliphatic rings. The van der Waals surface area contributed by atoms with Crippen LogP contribution in [0.3, 0.4) is 0 Å². The predicted octanol–water partition coefficient (Wildman–Crippen LogP) is 3.16. The van der Waals surface area contributed by atoms with E-state index in [1.807, 2.05) is 25.1 Å². The van der Waals surface area contributed by atoms with E-state index in [0.717, 1.165) is 33.2 Å². The number of pyridine rings is 1. The monoisotopic (exact) mass is 257 g/mol. The molecular formula is C13H11N3OS. The highest BCUT2D eigenvalue weighted by Crippen LogP contribution is 2.28. The summed E-state index contributed by atoms with van der Waals surface area (Å²) in [5, 5.41) is 2.00. The maximum atomic E-state index is 5.34. The van der Waals surface area contributed by atoms with Crippen LogP contribution >= 0.6 is 12.2 Å². The molecule has 0 unspecified atom stereocenters. The first kappa shape index (κ1) is 11.1. The van der Waals surface area contributed by atoms with E-state index in [9.17, 15) is 0 Å². The Labute approximate surface area is 109 Å². The second-order valence-corrected chi connectivity index (χ2v) is 4.48. The summed E-state index contributed by atoms with van der Waals surface area (Å²) >= 11 is 5.01. The minimum Gasteiger partial charge on any atom is -0.494 e. The molecule has 0 atom stereocenters. The Hall–Kier alpha value is -2.01. The minimum absolute atomic E-state index is 0.431. The summed E-state index contributed by atoms with van der Waals surface area (Å²) in [6.45, 7) is 2.05. The Bertz CT molecular complexity index is 810. The fourth-order valence-electron chi connectivity index (χ4n) is 2.01. The molecule has 0 bridgehead atoms. The molecule has 18 heavy (non-hydrogen) atoms. The number of rotatable bonds is 1. The van der Waals surface area contributed by atoms with Crippen LogP contribution < -0.4 is 4.74 Å². The summed E-state index contributed by atoms with van der Waals surface area (Å²) in [5.41, 5.74) is 2.72. The molecule has 5 heteroatoms. The summed E-state index contributed by atoms with van der Waals surface area (Å²) in [4.78, 5) is 11.6. The highest BCUT2D eigenvalue weighted by molar-refractivity contribution is 7.71. The van der Waals surface area contributed by atoms with Crippen molar-refractivity contribution in [2.45, 2.75) is 6.92 Å². The molecule has 3 rings (SSSR count). The third-order valence-corrected chi connectivity index (χ3v) is 3.17. The van der Waals surface area contributed by atoms with Crippen LogP contribution in [0.4, 0.5) is 0 Å². The normalized spacial score (nSPS) is 11.0. The van der Waals surface area contributed by atoms with Crippen LogP contribution in [0.1, 0.15) is 5.56 Å². The van der Waals surface area contributed by atoms with Gasteiger partial charge in [-0.05, 0) is 36.8 Å². The molecule has 90 valence electrons. The molecule has 0 saturated heterocycles. The lowest BCUT2D eigenvalue weighted by Crippen LogP contribution is -1.93. The van der Waals surface area contributed by atoms with Gasteiger partial charge in [0.15, 0.2) is 4.77 Å². The van der Waals surface area contributed by atoms with Crippen LogP contribution in [0.15, 0.2) is 24.4 Å². The number of aromatic amines is 1. The van der Waals surface area contributed by atoms with Crippen molar-refractivity contribution in [2.75, 3.05) is 7.11 Å². The summed E-state index contributed by atoms with van der Waals surface area (Å²) in [6.07, 6.45) is 1.74. The molecule has 0 aliphatic carbocycles. The van der Waals surface area contributed by atoms with Gasteiger partial charge in [-0.15, -0.1) is 0 Å². The van der Waals surface area contributed by atoms with Gasteiger partial charge in [0, 0.05) is 17.0 Å². The first-order chi connectivity index (χ1) is 8.69. The van der Waals surface area contributed by atoms with Crippen LogP contribution in [0, 0.1) is 11.7 Å². The second-order valence-electron chi connectivity index (χ2n) is 4.10. The predicted molar refractivity (Wildman–Crippen MR) is 73.5 cm³/mol. The summed E-state index contributed by atoms with van der Waals surface area (Å²) in [6, 6.07) is 5.99. The molecular weight excluding hydrogens is 246 g/mol. The maximum Gasteiger partial charge on any atom is 0.198 e. The molecule has 1 N–H and O–H groups in total. The number of hydrogen-bond acceptors (Lipinski definition) is 4. The fraction of sp³-hybridized carbons (Fsp3) is 0.154. The van der Waals surface area contributed by atoms with Crippen LogP contribution in [0.2, 0.25) is 0 Å². The Morgan fingerprint density at radius 1 is 1.33 bits per heavy atom. The van der Waals surface area contributed by atoms with Gasteiger partial charge in [-0.1, -0.05) is 6.07 Å². The molecule has 0 saturated carbocycles. The number of methoxy groups -OCH3 is 1. The molecule has 4 nitrogen and oxygen atoms in total.